The predicted molar refractivity (Wildman–Crippen MR) is 101 cm³/mol. The molecule has 6 nitrogen and oxygen atoms in total. The van der Waals surface area contributed by atoms with Crippen molar-refractivity contribution in [2.24, 2.45) is 0 Å². The number of amides is 1. The third-order valence-electron chi connectivity index (χ3n) is 4.36. The SMILES string of the molecule is O=C(CCn1ccc2ccc(F)cc21)Nc1ccc(Cn2cncn2)cc1. The maximum atomic E-state index is 13.4. The van der Waals surface area contributed by atoms with Crippen molar-refractivity contribution in [1.82, 2.24) is 19.3 Å². The van der Waals surface area contributed by atoms with Gasteiger partial charge >= 0.3 is 0 Å². The van der Waals surface area contributed by atoms with Gasteiger partial charge in [0.1, 0.15) is 18.5 Å². The Morgan fingerprint density at radius 2 is 1.96 bits per heavy atom. The number of nitrogens with zero attached hydrogens (tertiary/aromatic N) is 4. The van der Waals surface area contributed by atoms with Crippen LogP contribution in [0, 0.1) is 5.82 Å². The van der Waals surface area contributed by atoms with Crippen molar-refractivity contribution < 1.29 is 9.18 Å². The predicted octanol–water partition coefficient (Wildman–Crippen LogP) is 3.45. The molecule has 0 fully saturated rings. The molecule has 2 aromatic heterocycles. The summed E-state index contributed by atoms with van der Waals surface area (Å²) in [4.78, 5) is 16.1. The average molecular weight is 363 g/mol. The van der Waals surface area contributed by atoms with Crippen molar-refractivity contribution in [3.63, 3.8) is 0 Å². The van der Waals surface area contributed by atoms with Crippen LogP contribution < -0.4 is 5.32 Å². The van der Waals surface area contributed by atoms with Gasteiger partial charge in [-0.05, 0) is 47.3 Å². The lowest BCUT2D eigenvalue weighted by atomic mass is 10.2. The molecule has 2 heterocycles. The smallest absolute Gasteiger partial charge is 0.226 e. The van der Waals surface area contributed by atoms with E-state index in [1.807, 2.05) is 41.1 Å². The number of halogens is 1. The van der Waals surface area contributed by atoms with Gasteiger partial charge in [-0.25, -0.2) is 14.1 Å². The van der Waals surface area contributed by atoms with Crippen molar-refractivity contribution in [2.75, 3.05) is 5.32 Å². The molecule has 0 unspecified atom stereocenters. The highest BCUT2D eigenvalue weighted by Crippen LogP contribution is 2.18. The molecule has 2 aromatic carbocycles. The zero-order chi connectivity index (χ0) is 18.6. The van der Waals surface area contributed by atoms with Gasteiger partial charge in [-0.2, -0.15) is 5.10 Å². The molecule has 4 rings (SSSR count). The van der Waals surface area contributed by atoms with E-state index in [1.54, 1.807) is 17.1 Å². The van der Waals surface area contributed by atoms with Gasteiger partial charge in [-0.15, -0.1) is 0 Å². The van der Waals surface area contributed by atoms with E-state index in [4.69, 9.17) is 0 Å². The van der Waals surface area contributed by atoms with Crippen LogP contribution in [-0.4, -0.2) is 25.2 Å². The molecule has 1 N–H and O–H groups in total. The third-order valence-corrected chi connectivity index (χ3v) is 4.36. The topological polar surface area (TPSA) is 64.7 Å². The first-order valence-corrected chi connectivity index (χ1v) is 8.63. The van der Waals surface area contributed by atoms with E-state index in [0.29, 0.717) is 19.5 Å². The third kappa shape index (κ3) is 4.03. The summed E-state index contributed by atoms with van der Waals surface area (Å²) in [5.41, 5.74) is 2.60. The number of rotatable bonds is 6. The Morgan fingerprint density at radius 3 is 2.74 bits per heavy atom. The summed E-state index contributed by atoms with van der Waals surface area (Å²) in [5.74, 6) is -0.366. The van der Waals surface area contributed by atoms with Crippen LogP contribution in [0.25, 0.3) is 10.9 Å². The standard InChI is InChI=1S/C20H18FN5O/c21-17-4-3-16-7-9-25(19(16)11-17)10-8-20(27)24-18-5-1-15(2-6-18)12-26-14-22-13-23-26/h1-7,9,11,13-14H,8,10,12H2,(H,24,27). The van der Waals surface area contributed by atoms with Crippen LogP contribution in [0.3, 0.4) is 0 Å². The van der Waals surface area contributed by atoms with Gasteiger partial charge in [-0.1, -0.05) is 12.1 Å². The van der Waals surface area contributed by atoms with Gasteiger partial charge in [0, 0.05) is 24.8 Å². The lowest BCUT2D eigenvalue weighted by molar-refractivity contribution is -0.116. The van der Waals surface area contributed by atoms with Crippen LogP contribution in [0.1, 0.15) is 12.0 Å². The monoisotopic (exact) mass is 363 g/mol. The van der Waals surface area contributed by atoms with Crippen LogP contribution in [-0.2, 0) is 17.9 Å². The van der Waals surface area contributed by atoms with Gasteiger partial charge < -0.3 is 9.88 Å². The summed E-state index contributed by atoms with van der Waals surface area (Å²) in [6.45, 7) is 1.12. The van der Waals surface area contributed by atoms with Crippen molar-refractivity contribution in [1.29, 1.82) is 0 Å². The van der Waals surface area contributed by atoms with Gasteiger partial charge in [0.25, 0.3) is 0 Å². The summed E-state index contributed by atoms with van der Waals surface area (Å²) in [6.07, 6.45) is 5.33. The molecule has 0 bridgehead atoms. The normalized spacial score (nSPS) is 11.0. The Hall–Kier alpha value is -3.48. The molecule has 1 amide bonds. The molecular formula is C20H18FN5O. The van der Waals surface area contributed by atoms with Crippen LogP contribution in [0.4, 0.5) is 10.1 Å². The number of aromatic nitrogens is 4. The van der Waals surface area contributed by atoms with Crippen LogP contribution >= 0.6 is 0 Å². The molecule has 27 heavy (non-hydrogen) atoms. The number of carbonyl (C=O) groups excluding carboxylic acids is 1. The molecule has 0 aliphatic heterocycles. The lowest BCUT2D eigenvalue weighted by Gasteiger charge is -2.08. The molecule has 4 aromatic rings. The first kappa shape index (κ1) is 17.0. The summed E-state index contributed by atoms with van der Waals surface area (Å²) >= 11 is 0. The Balaban J connectivity index is 1.34. The van der Waals surface area contributed by atoms with Crippen LogP contribution in [0.5, 0.6) is 0 Å². The molecular weight excluding hydrogens is 345 g/mol. The molecule has 0 saturated heterocycles. The Bertz CT molecular complexity index is 1050. The number of hydrogen-bond donors (Lipinski definition) is 1. The van der Waals surface area contributed by atoms with Crippen LogP contribution in [0.2, 0.25) is 0 Å². The van der Waals surface area contributed by atoms with Crippen molar-refractivity contribution in [3.05, 3.63) is 78.8 Å². The fourth-order valence-corrected chi connectivity index (χ4v) is 2.99. The second-order valence-electron chi connectivity index (χ2n) is 6.30. The zero-order valence-corrected chi connectivity index (χ0v) is 14.5. The van der Waals surface area contributed by atoms with E-state index in [-0.39, 0.29) is 11.7 Å². The Kier molecular flexibility index (Phi) is 4.65. The maximum Gasteiger partial charge on any atom is 0.226 e. The second kappa shape index (κ2) is 7.41. The maximum absolute atomic E-state index is 13.4. The second-order valence-corrected chi connectivity index (χ2v) is 6.30. The molecule has 0 saturated carbocycles. The minimum absolute atomic E-state index is 0.0859. The number of hydrogen-bond acceptors (Lipinski definition) is 3. The number of nitrogens with one attached hydrogen (secondary N) is 1. The van der Waals surface area contributed by atoms with Crippen LogP contribution in [0.15, 0.2) is 67.4 Å². The minimum Gasteiger partial charge on any atom is -0.347 e. The summed E-state index contributed by atoms with van der Waals surface area (Å²) < 4.78 is 17.1. The lowest BCUT2D eigenvalue weighted by Crippen LogP contribution is -2.14. The molecule has 0 spiro atoms. The highest BCUT2D eigenvalue weighted by molar-refractivity contribution is 5.90. The van der Waals surface area contributed by atoms with E-state index < -0.39 is 0 Å². The quantitative estimate of drug-likeness (QED) is 0.571. The molecule has 0 aliphatic rings. The van der Waals surface area contributed by atoms with E-state index in [9.17, 15) is 9.18 Å². The minimum atomic E-state index is -0.280. The summed E-state index contributed by atoms with van der Waals surface area (Å²) in [7, 11) is 0. The van der Waals surface area contributed by atoms with E-state index in [0.717, 1.165) is 22.2 Å². The average Bonchev–Trinajstić information content (AvgIpc) is 3.31. The van der Waals surface area contributed by atoms with Crippen molar-refractivity contribution in [3.8, 4) is 0 Å². The summed E-state index contributed by atoms with van der Waals surface area (Å²) in [5, 5.41) is 7.91. The largest absolute Gasteiger partial charge is 0.347 e. The molecule has 0 aliphatic carbocycles. The van der Waals surface area contributed by atoms with Gasteiger partial charge in [-0.3, -0.25) is 4.79 Å². The van der Waals surface area contributed by atoms with E-state index in [2.05, 4.69) is 15.4 Å². The van der Waals surface area contributed by atoms with Crippen molar-refractivity contribution >= 4 is 22.5 Å². The molecule has 0 atom stereocenters. The number of anilines is 1. The highest BCUT2D eigenvalue weighted by Gasteiger charge is 2.07. The fourth-order valence-electron chi connectivity index (χ4n) is 2.99. The highest BCUT2D eigenvalue weighted by atomic mass is 19.1. The van der Waals surface area contributed by atoms with Gasteiger partial charge in [0.05, 0.1) is 12.1 Å². The zero-order valence-electron chi connectivity index (χ0n) is 14.5. The fraction of sp³-hybridized carbons (Fsp3) is 0.150. The van der Waals surface area contributed by atoms with E-state index in [1.165, 1.54) is 18.5 Å². The van der Waals surface area contributed by atoms with Gasteiger partial charge in [0.15, 0.2) is 0 Å². The summed E-state index contributed by atoms with van der Waals surface area (Å²) in [6, 6.07) is 14.2. The number of carbonyl (C=O) groups is 1. The molecule has 0 radical (unpaired) electrons. The Labute approximate surface area is 155 Å². The molecule has 136 valence electrons. The Morgan fingerprint density at radius 1 is 1.11 bits per heavy atom. The first-order valence-electron chi connectivity index (χ1n) is 8.63. The number of benzene rings is 2. The van der Waals surface area contributed by atoms with E-state index >= 15 is 0 Å². The number of fused-ring (bicyclic) bond motifs is 1. The molecule has 7 heteroatoms. The van der Waals surface area contributed by atoms with Gasteiger partial charge in [0.2, 0.25) is 5.91 Å². The van der Waals surface area contributed by atoms with Crippen molar-refractivity contribution in [2.45, 2.75) is 19.5 Å². The first-order chi connectivity index (χ1) is 13.2. The number of aryl methyl sites for hydroxylation is 1.